The predicted molar refractivity (Wildman–Crippen MR) is 39.5 cm³/mol. The summed E-state index contributed by atoms with van der Waals surface area (Å²) in [6, 6.07) is 0.307. The maximum atomic E-state index is 8.87. The Morgan fingerprint density at radius 3 is 2.11 bits per heavy atom. The van der Waals surface area contributed by atoms with Crippen LogP contribution in [-0.4, -0.2) is 15.7 Å². The molecule has 1 fully saturated rings. The molecule has 9 heavy (non-hydrogen) atoms. The van der Waals surface area contributed by atoms with Gasteiger partial charge in [0.2, 0.25) is 0 Å². The van der Waals surface area contributed by atoms with Gasteiger partial charge in [-0.25, -0.2) is 0 Å². The Balaban J connectivity index is 2.23. The smallest absolute Gasteiger partial charge is 0.0462 e. The van der Waals surface area contributed by atoms with Gasteiger partial charge in [-0.1, -0.05) is 32.1 Å². The highest BCUT2D eigenvalue weighted by atomic mass is 32.1. The molecule has 2 nitrogen and oxygen atoms in total. The van der Waals surface area contributed by atoms with E-state index in [4.69, 9.17) is 5.21 Å². The average Bonchev–Trinajstić information content (AvgIpc) is 1.90. The largest absolute Gasteiger partial charge is 0.303 e. The number of hydrogen-bond acceptors (Lipinski definition) is 3. The molecule has 0 bridgehead atoms. The number of thiol groups is 1. The molecule has 0 saturated heterocycles. The molecule has 0 spiro atoms. The summed E-state index contributed by atoms with van der Waals surface area (Å²) in [5.74, 6) is 0. The van der Waals surface area contributed by atoms with Gasteiger partial charge in [-0.2, -0.15) is 0 Å². The number of nitrogens with zero attached hydrogens (tertiary/aromatic N) is 1. The molecule has 0 aromatic heterocycles. The van der Waals surface area contributed by atoms with Crippen LogP contribution in [-0.2, 0) is 0 Å². The van der Waals surface area contributed by atoms with Crippen LogP contribution in [0.2, 0.25) is 0 Å². The second-order valence-electron chi connectivity index (χ2n) is 2.61. The van der Waals surface area contributed by atoms with Crippen molar-refractivity contribution in [3.63, 3.8) is 0 Å². The summed E-state index contributed by atoms with van der Waals surface area (Å²) in [6.45, 7) is 0. The molecule has 1 aliphatic carbocycles. The zero-order chi connectivity index (χ0) is 6.69. The number of rotatable bonds is 1. The van der Waals surface area contributed by atoms with Crippen LogP contribution in [0.5, 0.6) is 0 Å². The zero-order valence-electron chi connectivity index (χ0n) is 5.45. The van der Waals surface area contributed by atoms with Crippen LogP contribution in [0.4, 0.5) is 0 Å². The molecular formula is C6H13NOS. The Hall–Kier alpha value is 0.270. The molecular weight excluding hydrogens is 134 g/mol. The average molecular weight is 147 g/mol. The first kappa shape index (κ1) is 7.38. The van der Waals surface area contributed by atoms with E-state index >= 15 is 0 Å². The Bertz CT molecular complexity index is 81.1. The summed E-state index contributed by atoms with van der Waals surface area (Å²) in [4.78, 5) is 0. The summed E-state index contributed by atoms with van der Waals surface area (Å²) in [6.07, 6.45) is 5.99. The summed E-state index contributed by atoms with van der Waals surface area (Å²) < 4.78 is 1.05. The van der Waals surface area contributed by atoms with Crippen LogP contribution in [0, 0.1) is 0 Å². The number of hydroxylamine groups is 1. The van der Waals surface area contributed by atoms with E-state index in [9.17, 15) is 0 Å². The van der Waals surface area contributed by atoms with E-state index < -0.39 is 0 Å². The lowest BCUT2D eigenvalue weighted by Gasteiger charge is -2.24. The fourth-order valence-electron chi connectivity index (χ4n) is 1.31. The molecule has 0 aromatic rings. The van der Waals surface area contributed by atoms with Gasteiger partial charge in [0.05, 0.1) is 0 Å². The molecule has 1 aliphatic rings. The van der Waals surface area contributed by atoms with Gasteiger partial charge in [0.25, 0.3) is 0 Å². The van der Waals surface area contributed by atoms with Crippen molar-refractivity contribution in [1.29, 1.82) is 0 Å². The molecule has 0 amide bonds. The molecule has 54 valence electrons. The van der Waals surface area contributed by atoms with Gasteiger partial charge in [0.1, 0.15) is 0 Å². The van der Waals surface area contributed by atoms with Crippen LogP contribution in [0.15, 0.2) is 0 Å². The van der Waals surface area contributed by atoms with Crippen LogP contribution >= 0.6 is 12.8 Å². The van der Waals surface area contributed by atoms with Gasteiger partial charge >= 0.3 is 0 Å². The minimum atomic E-state index is 0.307. The third-order valence-corrected chi connectivity index (χ3v) is 2.23. The molecule has 0 radical (unpaired) electrons. The summed E-state index contributed by atoms with van der Waals surface area (Å²) in [5.41, 5.74) is 0. The Morgan fingerprint density at radius 1 is 1.22 bits per heavy atom. The van der Waals surface area contributed by atoms with Crippen molar-refractivity contribution >= 4 is 12.8 Å². The summed E-state index contributed by atoms with van der Waals surface area (Å²) in [5, 5.41) is 8.87. The van der Waals surface area contributed by atoms with Crippen LogP contribution in [0.1, 0.15) is 32.1 Å². The topological polar surface area (TPSA) is 23.5 Å². The third-order valence-electron chi connectivity index (χ3n) is 1.90. The minimum absolute atomic E-state index is 0.307. The van der Waals surface area contributed by atoms with Crippen LogP contribution < -0.4 is 0 Å². The second kappa shape index (κ2) is 3.44. The van der Waals surface area contributed by atoms with Crippen molar-refractivity contribution < 1.29 is 5.21 Å². The summed E-state index contributed by atoms with van der Waals surface area (Å²) in [7, 11) is 0. The molecule has 1 N–H and O–H groups in total. The van der Waals surface area contributed by atoms with Crippen LogP contribution in [0.3, 0.4) is 0 Å². The van der Waals surface area contributed by atoms with Crippen molar-refractivity contribution in [1.82, 2.24) is 4.47 Å². The Kier molecular flexibility index (Phi) is 2.82. The Morgan fingerprint density at radius 2 is 1.78 bits per heavy atom. The van der Waals surface area contributed by atoms with Crippen LogP contribution in [0.25, 0.3) is 0 Å². The van der Waals surface area contributed by atoms with Gasteiger partial charge in [-0.3, -0.25) is 0 Å². The van der Waals surface area contributed by atoms with Gasteiger partial charge in [0, 0.05) is 6.04 Å². The van der Waals surface area contributed by atoms with E-state index in [1.807, 2.05) is 0 Å². The zero-order valence-corrected chi connectivity index (χ0v) is 6.35. The predicted octanol–water partition coefficient (Wildman–Crippen LogP) is 1.86. The fourth-order valence-corrected chi connectivity index (χ4v) is 1.54. The molecule has 1 rings (SSSR count). The minimum Gasteiger partial charge on any atom is -0.303 e. The SMILES string of the molecule is ON(S)C1CCCCC1. The van der Waals surface area contributed by atoms with Gasteiger partial charge in [0.15, 0.2) is 0 Å². The quantitative estimate of drug-likeness (QED) is 0.437. The van der Waals surface area contributed by atoms with E-state index in [1.54, 1.807) is 0 Å². The molecule has 3 heteroatoms. The highest BCUT2D eigenvalue weighted by molar-refractivity contribution is 7.77. The van der Waals surface area contributed by atoms with E-state index in [-0.39, 0.29) is 0 Å². The van der Waals surface area contributed by atoms with E-state index in [0.29, 0.717) is 6.04 Å². The Labute approximate surface area is 61.4 Å². The maximum Gasteiger partial charge on any atom is 0.0462 e. The molecule has 0 aromatic carbocycles. The lowest BCUT2D eigenvalue weighted by Crippen LogP contribution is -2.26. The molecule has 0 unspecified atom stereocenters. The van der Waals surface area contributed by atoms with Crippen molar-refractivity contribution in [2.45, 2.75) is 38.1 Å². The first-order chi connectivity index (χ1) is 4.30. The third kappa shape index (κ3) is 2.16. The van der Waals surface area contributed by atoms with Crippen molar-refractivity contribution in [2.24, 2.45) is 0 Å². The van der Waals surface area contributed by atoms with E-state index in [2.05, 4.69) is 12.8 Å². The first-order valence-electron chi connectivity index (χ1n) is 3.47. The van der Waals surface area contributed by atoms with E-state index in [0.717, 1.165) is 17.3 Å². The fraction of sp³-hybridized carbons (Fsp3) is 1.00. The van der Waals surface area contributed by atoms with Gasteiger partial charge < -0.3 is 5.21 Å². The monoisotopic (exact) mass is 147 g/mol. The van der Waals surface area contributed by atoms with Gasteiger partial charge in [-0.05, 0) is 12.8 Å². The van der Waals surface area contributed by atoms with E-state index in [1.165, 1.54) is 19.3 Å². The number of hydrogen-bond donors (Lipinski definition) is 2. The molecule has 1 saturated carbocycles. The first-order valence-corrected chi connectivity index (χ1v) is 3.87. The highest BCUT2D eigenvalue weighted by Gasteiger charge is 2.16. The second-order valence-corrected chi connectivity index (χ2v) is 3.02. The highest BCUT2D eigenvalue weighted by Crippen LogP contribution is 2.21. The lowest BCUT2D eigenvalue weighted by atomic mass is 9.96. The molecule has 0 aliphatic heterocycles. The maximum absolute atomic E-state index is 8.87. The molecule has 0 atom stereocenters. The van der Waals surface area contributed by atoms with Crippen molar-refractivity contribution in [2.75, 3.05) is 0 Å². The molecule has 0 heterocycles. The van der Waals surface area contributed by atoms with Crippen molar-refractivity contribution in [3.05, 3.63) is 0 Å². The standard InChI is InChI=1S/C6H13NOS/c8-7(9)6-4-2-1-3-5-6/h6,8-9H,1-5H2. The summed E-state index contributed by atoms with van der Waals surface area (Å²) >= 11 is 3.83. The van der Waals surface area contributed by atoms with Crippen molar-refractivity contribution in [3.8, 4) is 0 Å². The lowest BCUT2D eigenvalue weighted by molar-refractivity contribution is -0.0321. The normalized spacial score (nSPS) is 23.0. The van der Waals surface area contributed by atoms with Gasteiger partial charge in [-0.15, -0.1) is 4.47 Å².